The van der Waals surface area contributed by atoms with E-state index in [1.165, 1.54) is 12.1 Å². The zero-order valence-corrected chi connectivity index (χ0v) is 17.3. The molecule has 0 aliphatic heterocycles. The Kier molecular flexibility index (Phi) is 6.78. The van der Waals surface area contributed by atoms with Crippen LogP contribution < -0.4 is 5.32 Å². The number of carbonyl (C=O) groups is 1. The lowest BCUT2D eigenvalue weighted by atomic mass is 9.76. The van der Waals surface area contributed by atoms with Crippen molar-refractivity contribution in [2.24, 2.45) is 0 Å². The molecule has 1 atom stereocenters. The van der Waals surface area contributed by atoms with E-state index in [1.807, 2.05) is 0 Å². The summed E-state index contributed by atoms with van der Waals surface area (Å²) >= 11 is 11.9. The smallest absolute Gasteiger partial charge is 0.387 e. The molecule has 11 heteroatoms. The summed E-state index contributed by atoms with van der Waals surface area (Å²) in [7, 11) is 0. The van der Waals surface area contributed by atoms with E-state index < -0.39 is 52.0 Å². The Balaban J connectivity index is 1.97. The van der Waals surface area contributed by atoms with Gasteiger partial charge in [-0.2, -0.15) is 13.2 Å². The first-order chi connectivity index (χ1) is 14.4. The number of aliphatic hydroxyl groups is 1. The highest BCUT2D eigenvalue weighted by molar-refractivity contribution is 6.33. The van der Waals surface area contributed by atoms with Crippen molar-refractivity contribution in [2.75, 3.05) is 0 Å². The van der Waals surface area contributed by atoms with Gasteiger partial charge in [0.1, 0.15) is 17.7 Å². The van der Waals surface area contributed by atoms with Gasteiger partial charge < -0.3 is 10.4 Å². The SMILES string of the molecule is O=C(NC(c1cccc(F)c1Cl)C1(O)CCC(F)CC1)c1ncc(C(F)(F)F)cc1Cl. The largest absolute Gasteiger partial charge is 0.417 e. The van der Waals surface area contributed by atoms with Crippen LogP contribution in [0.4, 0.5) is 22.0 Å². The molecule has 2 aromatic rings. The average molecular weight is 483 g/mol. The fraction of sp³-hybridized carbons (Fsp3) is 0.400. The van der Waals surface area contributed by atoms with Gasteiger partial charge in [0.15, 0.2) is 0 Å². The summed E-state index contributed by atoms with van der Waals surface area (Å²) < 4.78 is 66.2. The second kappa shape index (κ2) is 8.88. The second-order valence-electron chi connectivity index (χ2n) is 7.38. The van der Waals surface area contributed by atoms with Crippen molar-refractivity contribution in [1.82, 2.24) is 10.3 Å². The minimum atomic E-state index is -4.70. The van der Waals surface area contributed by atoms with Crippen molar-refractivity contribution in [2.45, 2.75) is 49.7 Å². The van der Waals surface area contributed by atoms with Crippen LogP contribution >= 0.6 is 23.2 Å². The van der Waals surface area contributed by atoms with Gasteiger partial charge in [-0.3, -0.25) is 4.79 Å². The van der Waals surface area contributed by atoms with Crippen molar-refractivity contribution in [3.63, 3.8) is 0 Å². The van der Waals surface area contributed by atoms with E-state index in [9.17, 15) is 31.9 Å². The van der Waals surface area contributed by atoms with Gasteiger partial charge in [0.05, 0.1) is 27.3 Å². The number of alkyl halides is 4. The Hall–Kier alpha value is -1.97. The predicted octanol–water partition coefficient (Wildman–Crippen LogP) is 5.66. The van der Waals surface area contributed by atoms with Gasteiger partial charge in [-0.05, 0) is 43.4 Å². The van der Waals surface area contributed by atoms with Crippen LogP contribution in [-0.2, 0) is 6.18 Å². The fourth-order valence-corrected chi connectivity index (χ4v) is 4.06. The van der Waals surface area contributed by atoms with Gasteiger partial charge in [-0.15, -0.1) is 0 Å². The number of aromatic nitrogens is 1. The van der Waals surface area contributed by atoms with Crippen molar-refractivity contribution in [3.05, 3.63) is 63.1 Å². The minimum Gasteiger partial charge on any atom is -0.387 e. The molecule has 31 heavy (non-hydrogen) atoms. The standard InChI is InChI=1S/C20H17Cl2F5N2O2/c21-13-8-10(20(25,26)27)9-28-16(13)18(30)29-17(12-2-1-3-14(24)15(12)22)19(31)6-4-11(23)5-7-19/h1-3,8-9,11,17,31H,4-7H2,(H,29,30). The number of benzene rings is 1. The number of hydrogen-bond acceptors (Lipinski definition) is 3. The van der Waals surface area contributed by atoms with E-state index >= 15 is 0 Å². The minimum absolute atomic E-state index is 0.00902. The summed E-state index contributed by atoms with van der Waals surface area (Å²) in [6.07, 6.45) is -5.48. The maximum Gasteiger partial charge on any atom is 0.417 e. The van der Waals surface area contributed by atoms with Crippen LogP contribution in [0.25, 0.3) is 0 Å². The number of halogens is 7. The second-order valence-corrected chi connectivity index (χ2v) is 8.17. The summed E-state index contributed by atoms with van der Waals surface area (Å²) in [5, 5.41) is 12.7. The maximum atomic E-state index is 14.0. The number of amides is 1. The summed E-state index contributed by atoms with van der Waals surface area (Å²) in [5.41, 5.74) is -3.29. The number of nitrogens with one attached hydrogen (secondary N) is 1. The molecule has 0 bridgehead atoms. The molecule has 1 amide bonds. The average Bonchev–Trinajstić information content (AvgIpc) is 2.70. The molecule has 0 saturated heterocycles. The highest BCUT2D eigenvalue weighted by Gasteiger charge is 2.43. The Morgan fingerprint density at radius 1 is 1.26 bits per heavy atom. The molecular weight excluding hydrogens is 466 g/mol. The lowest BCUT2D eigenvalue weighted by Crippen LogP contribution is -2.49. The van der Waals surface area contributed by atoms with Crippen molar-refractivity contribution < 1.29 is 31.9 Å². The van der Waals surface area contributed by atoms with Crippen LogP contribution in [0.2, 0.25) is 10.0 Å². The zero-order chi connectivity index (χ0) is 23.0. The quantitative estimate of drug-likeness (QED) is 0.552. The molecule has 1 aliphatic rings. The van der Waals surface area contributed by atoms with Gasteiger partial charge in [-0.25, -0.2) is 13.8 Å². The molecule has 1 aromatic heterocycles. The topological polar surface area (TPSA) is 62.2 Å². The molecule has 0 spiro atoms. The molecule has 1 unspecified atom stereocenters. The Labute approximate surface area is 184 Å². The van der Waals surface area contributed by atoms with Gasteiger partial charge >= 0.3 is 6.18 Å². The van der Waals surface area contributed by atoms with E-state index in [2.05, 4.69) is 10.3 Å². The van der Waals surface area contributed by atoms with Crippen LogP contribution in [0.5, 0.6) is 0 Å². The van der Waals surface area contributed by atoms with Crippen LogP contribution in [0.3, 0.4) is 0 Å². The summed E-state index contributed by atoms with van der Waals surface area (Å²) in [4.78, 5) is 16.3. The molecule has 1 aliphatic carbocycles. The van der Waals surface area contributed by atoms with E-state index in [1.54, 1.807) is 0 Å². The highest BCUT2D eigenvalue weighted by Crippen LogP contribution is 2.42. The molecule has 1 fully saturated rings. The van der Waals surface area contributed by atoms with Crippen molar-refractivity contribution in [1.29, 1.82) is 0 Å². The van der Waals surface area contributed by atoms with Crippen molar-refractivity contribution >= 4 is 29.1 Å². The lowest BCUT2D eigenvalue weighted by molar-refractivity contribution is -0.137. The first kappa shape index (κ1) is 23.7. The lowest BCUT2D eigenvalue weighted by Gasteiger charge is -2.41. The van der Waals surface area contributed by atoms with Gasteiger partial charge in [0.2, 0.25) is 0 Å². The van der Waals surface area contributed by atoms with E-state index in [4.69, 9.17) is 23.2 Å². The van der Waals surface area contributed by atoms with Gasteiger partial charge in [-0.1, -0.05) is 35.3 Å². The molecule has 3 rings (SSSR count). The van der Waals surface area contributed by atoms with Crippen LogP contribution in [0.1, 0.15) is 53.3 Å². The first-order valence-electron chi connectivity index (χ1n) is 9.26. The molecule has 2 N–H and O–H groups in total. The number of carbonyl (C=O) groups excluding carboxylic acids is 1. The van der Waals surface area contributed by atoms with E-state index in [0.717, 1.165) is 6.07 Å². The van der Waals surface area contributed by atoms with E-state index in [0.29, 0.717) is 12.3 Å². The Morgan fingerprint density at radius 2 is 1.90 bits per heavy atom. The molecule has 1 saturated carbocycles. The molecule has 0 radical (unpaired) electrons. The third-order valence-electron chi connectivity index (χ3n) is 5.27. The van der Waals surface area contributed by atoms with Crippen molar-refractivity contribution in [3.8, 4) is 0 Å². The van der Waals surface area contributed by atoms with E-state index in [-0.39, 0.29) is 36.3 Å². The summed E-state index contributed by atoms with van der Waals surface area (Å²) in [6.45, 7) is 0. The zero-order valence-electron chi connectivity index (χ0n) is 15.8. The summed E-state index contributed by atoms with van der Waals surface area (Å²) in [5.74, 6) is -1.80. The summed E-state index contributed by atoms with van der Waals surface area (Å²) in [6, 6.07) is 3.06. The fourth-order valence-electron chi connectivity index (χ4n) is 3.58. The molecule has 4 nitrogen and oxygen atoms in total. The predicted molar refractivity (Wildman–Crippen MR) is 104 cm³/mol. The normalized spacial score (nSPS) is 22.8. The number of pyridine rings is 1. The highest BCUT2D eigenvalue weighted by atomic mass is 35.5. The van der Waals surface area contributed by atoms with Gasteiger partial charge in [0.25, 0.3) is 5.91 Å². The molecular formula is C20H17Cl2F5N2O2. The maximum absolute atomic E-state index is 14.0. The van der Waals surface area contributed by atoms with Crippen LogP contribution in [0, 0.1) is 5.82 Å². The monoisotopic (exact) mass is 482 g/mol. The third kappa shape index (κ3) is 5.10. The molecule has 1 aromatic carbocycles. The third-order valence-corrected chi connectivity index (χ3v) is 5.96. The number of nitrogens with zero attached hydrogens (tertiary/aromatic N) is 1. The number of hydrogen-bond donors (Lipinski definition) is 2. The Bertz CT molecular complexity index is 979. The number of rotatable bonds is 4. The van der Waals surface area contributed by atoms with Gasteiger partial charge in [0, 0.05) is 6.20 Å². The molecule has 168 valence electrons. The Morgan fingerprint density at radius 3 is 2.48 bits per heavy atom. The molecule has 1 heterocycles. The first-order valence-corrected chi connectivity index (χ1v) is 10.0. The van der Waals surface area contributed by atoms with Crippen LogP contribution in [0.15, 0.2) is 30.5 Å². The van der Waals surface area contributed by atoms with Crippen LogP contribution in [-0.4, -0.2) is 27.8 Å².